The van der Waals surface area contributed by atoms with Gasteiger partial charge in [-0.3, -0.25) is 19.2 Å². The Hall–Kier alpha value is -5.98. The maximum atomic E-state index is 13.5. The predicted molar refractivity (Wildman–Crippen MR) is 178 cm³/mol. The van der Waals surface area contributed by atoms with Gasteiger partial charge in [0.15, 0.2) is 0 Å². The SMILES string of the molecule is CC(C)(C)OC(=O)C[C@H](NC(=O)OCC1c2ccccc2-c2ccccc21)C(=O)Nc1ccc2c(CC(=O)NCC(=O)O)cc(=O)oc2c1. The van der Waals surface area contributed by atoms with Gasteiger partial charge in [0.1, 0.15) is 30.4 Å². The van der Waals surface area contributed by atoms with Crippen LogP contribution in [0.2, 0.25) is 0 Å². The fraction of sp³-hybridized carbons (Fsp3) is 0.278. The fourth-order valence-electron chi connectivity index (χ4n) is 5.63. The minimum atomic E-state index is -1.41. The van der Waals surface area contributed by atoms with E-state index in [1.165, 1.54) is 18.2 Å². The molecule has 0 aliphatic heterocycles. The molecule has 49 heavy (non-hydrogen) atoms. The molecule has 0 bridgehead atoms. The molecule has 3 aromatic carbocycles. The number of carbonyl (C=O) groups excluding carboxylic acids is 4. The lowest BCUT2D eigenvalue weighted by Gasteiger charge is -2.23. The van der Waals surface area contributed by atoms with Crippen LogP contribution >= 0.6 is 0 Å². The zero-order valence-electron chi connectivity index (χ0n) is 27.0. The van der Waals surface area contributed by atoms with Gasteiger partial charge in [0.05, 0.1) is 12.8 Å². The highest BCUT2D eigenvalue weighted by atomic mass is 16.6. The van der Waals surface area contributed by atoms with Crippen molar-refractivity contribution in [1.29, 1.82) is 0 Å². The molecule has 3 amide bonds. The first-order chi connectivity index (χ1) is 23.3. The van der Waals surface area contributed by atoms with Crippen LogP contribution in [0.25, 0.3) is 22.1 Å². The van der Waals surface area contributed by atoms with Crippen LogP contribution in [0.3, 0.4) is 0 Å². The second-order valence-corrected chi connectivity index (χ2v) is 12.5. The van der Waals surface area contributed by atoms with E-state index < -0.39 is 60.1 Å². The number of carboxylic acids is 1. The highest BCUT2D eigenvalue weighted by molar-refractivity contribution is 6.00. The lowest BCUT2D eigenvalue weighted by molar-refractivity contribution is -0.156. The Morgan fingerprint density at radius 1 is 0.918 bits per heavy atom. The minimum Gasteiger partial charge on any atom is -0.480 e. The molecule has 0 saturated heterocycles. The largest absolute Gasteiger partial charge is 0.480 e. The van der Waals surface area contributed by atoms with Crippen molar-refractivity contribution in [1.82, 2.24) is 10.6 Å². The maximum Gasteiger partial charge on any atom is 0.407 e. The van der Waals surface area contributed by atoms with Crippen molar-refractivity contribution in [3.8, 4) is 11.1 Å². The topological polar surface area (TPSA) is 190 Å². The van der Waals surface area contributed by atoms with E-state index in [1.54, 1.807) is 20.8 Å². The monoisotopic (exact) mass is 669 g/mol. The maximum absolute atomic E-state index is 13.5. The number of hydrogen-bond acceptors (Lipinski definition) is 9. The van der Waals surface area contributed by atoms with Crippen LogP contribution in [0.4, 0.5) is 10.5 Å². The Morgan fingerprint density at radius 2 is 1.57 bits per heavy atom. The summed E-state index contributed by atoms with van der Waals surface area (Å²) in [5, 5.41) is 16.5. The summed E-state index contributed by atoms with van der Waals surface area (Å²) in [4.78, 5) is 74.6. The average Bonchev–Trinajstić information content (AvgIpc) is 3.35. The molecule has 0 fully saturated rings. The van der Waals surface area contributed by atoms with Gasteiger partial charge in [0.25, 0.3) is 0 Å². The first-order valence-electron chi connectivity index (χ1n) is 15.5. The number of fused-ring (bicyclic) bond motifs is 4. The molecule has 254 valence electrons. The van der Waals surface area contributed by atoms with E-state index in [0.29, 0.717) is 5.39 Å². The number of carboxylic acid groups (broad SMARTS) is 1. The number of esters is 1. The lowest BCUT2D eigenvalue weighted by Crippen LogP contribution is -2.46. The van der Waals surface area contributed by atoms with Crippen molar-refractivity contribution in [2.45, 2.75) is 51.2 Å². The van der Waals surface area contributed by atoms with E-state index in [1.807, 2.05) is 48.5 Å². The molecular weight excluding hydrogens is 634 g/mol. The van der Waals surface area contributed by atoms with Crippen molar-refractivity contribution in [3.63, 3.8) is 0 Å². The van der Waals surface area contributed by atoms with Crippen LogP contribution in [-0.4, -0.2) is 59.7 Å². The van der Waals surface area contributed by atoms with Gasteiger partial charge in [-0.1, -0.05) is 48.5 Å². The molecule has 0 spiro atoms. The third kappa shape index (κ3) is 8.69. The smallest absolute Gasteiger partial charge is 0.407 e. The van der Waals surface area contributed by atoms with Crippen molar-refractivity contribution in [2.75, 3.05) is 18.5 Å². The number of aliphatic carboxylic acids is 1. The van der Waals surface area contributed by atoms with Crippen LogP contribution in [0, 0.1) is 0 Å². The molecule has 4 aromatic rings. The van der Waals surface area contributed by atoms with Crippen molar-refractivity contribution >= 4 is 46.5 Å². The van der Waals surface area contributed by atoms with Gasteiger partial charge in [0.2, 0.25) is 11.8 Å². The van der Waals surface area contributed by atoms with Gasteiger partial charge < -0.3 is 34.9 Å². The summed E-state index contributed by atoms with van der Waals surface area (Å²) < 4.78 is 16.3. The Balaban J connectivity index is 1.31. The summed E-state index contributed by atoms with van der Waals surface area (Å²) in [5.74, 6) is -3.57. The summed E-state index contributed by atoms with van der Waals surface area (Å²) in [5.41, 5.74) is 2.99. The number of hydrogen-bond donors (Lipinski definition) is 4. The van der Waals surface area contributed by atoms with Crippen LogP contribution in [0.5, 0.6) is 0 Å². The van der Waals surface area contributed by atoms with E-state index in [9.17, 15) is 28.8 Å². The van der Waals surface area contributed by atoms with E-state index in [2.05, 4.69) is 16.0 Å². The molecule has 0 unspecified atom stereocenters. The van der Waals surface area contributed by atoms with E-state index in [-0.39, 0.29) is 35.8 Å². The zero-order chi connectivity index (χ0) is 35.3. The Morgan fingerprint density at radius 3 is 2.20 bits per heavy atom. The molecule has 1 aromatic heterocycles. The number of rotatable bonds is 11. The summed E-state index contributed by atoms with van der Waals surface area (Å²) >= 11 is 0. The Kier molecular flexibility index (Phi) is 10.1. The number of benzene rings is 3. The molecule has 1 atom stereocenters. The summed E-state index contributed by atoms with van der Waals surface area (Å²) in [7, 11) is 0. The number of nitrogens with one attached hydrogen (secondary N) is 3. The van der Waals surface area contributed by atoms with Gasteiger partial charge in [-0.15, -0.1) is 0 Å². The minimum absolute atomic E-state index is 0.0129. The second-order valence-electron chi connectivity index (χ2n) is 12.5. The summed E-state index contributed by atoms with van der Waals surface area (Å²) in [6, 6.07) is 19.7. The number of amides is 3. The molecule has 1 aliphatic rings. The first-order valence-corrected chi connectivity index (χ1v) is 15.5. The number of carbonyl (C=O) groups is 5. The Bertz CT molecular complexity index is 1950. The molecule has 1 aliphatic carbocycles. The van der Waals surface area contributed by atoms with Gasteiger partial charge in [-0.05, 0) is 60.7 Å². The van der Waals surface area contributed by atoms with E-state index in [4.69, 9.17) is 19.0 Å². The highest BCUT2D eigenvalue weighted by Gasteiger charge is 2.31. The number of anilines is 1. The lowest BCUT2D eigenvalue weighted by atomic mass is 9.98. The fourth-order valence-corrected chi connectivity index (χ4v) is 5.63. The third-order valence-corrected chi connectivity index (χ3v) is 7.63. The van der Waals surface area contributed by atoms with Gasteiger partial charge in [-0.25, -0.2) is 9.59 Å². The number of alkyl carbamates (subject to hydrolysis) is 1. The average molecular weight is 670 g/mol. The van der Waals surface area contributed by atoms with Crippen LogP contribution in [-0.2, 0) is 35.1 Å². The standard InChI is InChI=1S/C36H35N3O10/c1-36(2,3)49-33(44)17-28(39-35(46)47-19-27-25-10-6-4-8-23(25)24-9-5-7-11-26(24)27)34(45)38-21-12-13-22-20(14-30(40)37-18-31(41)42)15-32(43)48-29(22)16-21/h4-13,15-16,27-28H,14,17-19H2,1-3H3,(H,37,40)(H,38,45)(H,39,46)(H,41,42)/t28-/m0/s1. The van der Waals surface area contributed by atoms with Gasteiger partial charge in [-0.2, -0.15) is 0 Å². The predicted octanol–water partition coefficient (Wildman–Crippen LogP) is 4.11. The highest BCUT2D eigenvalue weighted by Crippen LogP contribution is 2.44. The zero-order valence-corrected chi connectivity index (χ0v) is 27.0. The molecule has 13 heteroatoms. The molecule has 13 nitrogen and oxygen atoms in total. The van der Waals surface area contributed by atoms with Crippen LogP contribution in [0.15, 0.2) is 82.0 Å². The van der Waals surface area contributed by atoms with Crippen LogP contribution < -0.4 is 21.6 Å². The van der Waals surface area contributed by atoms with Gasteiger partial charge in [0, 0.05) is 29.1 Å². The molecule has 1 heterocycles. The number of ether oxygens (including phenoxy) is 2. The van der Waals surface area contributed by atoms with E-state index in [0.717, 1.165) is 28.3 Å². The van der Waals surface area contributed by atoms with Crippen molar-refractivity contribution < 1.29 is 43.0 Å². The molecular formula is C36H35N3O10. The summed E-state index contributed by atoms with van der Waals surface area (Å²) in [6.45, 7) is 4.42. The molecule has 0 radical (unpaired) electrons. The Labute approximate surface area is 280 Å². The quantitative estimate of drug-likeness (QED) is 0.134. The normalized spacial score (nSPS) is 12.7. The van der Waals surface area contributed by atoms with Crippen molar-refractivity contribution in [3.05, 3.63) is 99.9 Å². The van der Waals surface area contributed by atoms with E-state index >= 15 is 0 Å². The first kappa shape index (κ1) is 34.4. The second kappa shape index (κ2) is 14.4. The molecule has 0 saturated carbocycles. The van der Waals surface area contributed by atoms with Gasteiger partial charge >= 0.3 is 23.7 Å². The summed E-state index contributed by atoms with van der Waals surface area (Å²) in [6.07, 6.45) is -1.71. The molecule has 5 rings (SSSR count). The third-order valence-electron chi connectivity index (χ3n) is 7.63. The molecule has 4 N–H and O–H groups in total. The van der Waals surface area contributed by atoms with Crippen LogP contribution in [0.1, 0.15) is 49.8 Å². The van der Waals surface area contributed by atoms with Crippen molar-refractivity contribution in [2.24, 2.45) is 0 Å².